The second kappa shape index (κ2) is 7.27. The molecule has 0 bridgehead atoms. The Labute approximate surface area is 131 Å². The lowest BCUT2D eigenvalue weighted by molar-refractivity contribution is 0.876. The molecule has 0 atom stereocenters. The lowest BCUT2D eigenvalue weighted by atomic mass is 10.2. The van der Waals surface area contributed by atoms with Crippen molar-refractivity contribution in [3.8, 4) is 0 Å². The van der Waals surface area contributed by atoms with Crippen molar-refractivity contribution in [1.29, 1.82) is 0 Å². The zero-order chi connectivity index (χ0) is 15.2. The maximum Gasteiger partial charge on any atom is 0.224 e. The van der Waals surface area contributed by atoms with Crippen molar-refractivity contribution in [3.05, 3.63) is 46.6 Å². The maximum atomic E-state index is 5.92. The summed E-state index contributed by atoms with van der Waals surface area (Å²) in [5.41, 5.74) is 2.26. The molecule has 1 aromatic carbocycles. The van der Waals surface area contributed by atoms with Gasteiger partial charge in [-0.2, -0.15) is 4.98 Å². The standard InChI is InChI=1S/C16H21ClN4/c1-4-9-18-16-19-10-12(2)15(20-16)21(3)11-13-5-7-14(17)8-6-13/h5-8,10H,4,9,11H2,1-3H3,(H,18,19,20). The summed E-state index contributed by atoms with van der Waals surface area (Å²) in [4.78, 5) is 11.0. The van der Waals surface area contributed by atoms with Gasteiger partial charge in [0, 0.05) is 36.9 Å². The van der Waals surface area contributed by atoms with Gasteiger partial charge in [0.25, 0.3) is 0 Å². The number of aromatic nitrogens is 2. The van der Waals surface area contributed by atoms with Crippen LogP contribution in [-0.2, 0) is 6.54 Å². The Balaban J connectivity index is 2.13. The molecule has 21 heavy (non-hydrogen) atoms. The average molecular weight is 305 g/mol. The Hall–Kier alpha value is -1.81. The number of hydrogen-bond donors (Lipinski definition) is 1. The van der Waals surface area contributed by atoms with Gasteiger partial charge >= 0.3 is 0 Å². The van der Waals surface area contributed by atoms with Crippen LogP contribution in [-0.4, -0.2) is 23.6 Å². The smallest absolute Gasteiger partial charge is 0.224 e. The highest BCUT2D eigenvalue weighted by atomic mass is 35.5. The topological polar surface area (TPSA) is 41.1 Å². The van der Waals surface area contributed by atoms with Crippen molar-refractivity contribution in [2.45, 2.75) is 26.8 Å². The van der Waals surface area contributed by atoms with Crippen molar-refractivity contribution in [3.63, 3.8) is 0 Å². The molecule has 1 N–H and O–H groups in total. The molecule has 2 aromatic rings. The molecule has 0 fully saturated rings. The molecule has 4 nitrogen and oxygen atoms in total. The van der Waals surface area contributed by atoms with E-state index in [9.17, 15) is 0 Å². The number of rotatable bonds is 6. The molecular formula is C16H21ClN4. The van der Waals surface area contributed by atoms with Crippen molar-refractivity contribution in [2.24, 2.45) is 0 Å². The number of aryl methyl sites for hydroxylation is 1. The predicted octanol–water partition coefficient (Wildman–Crippen LogP) is 3.90. The number of anilines is 2. The number of benzene rings is 1. The summed E-state index contributed by atoms with van der Waals surface area (Å²) < 4.78 is 0. The number of hydrogen-bond acceptors (Lipinski definition) is 4. The van der Waals surface area contributed by atoms with Gasteiger partial charge in [-0.05, 0) is 31.0 Å². The zero-order valence-electron chi connectivity index (χ0n) is 12.7. The summed E-state index contributed by atoms with van der Waals surface area (Å²) >= 11 is 5.92. The van der Waals surface area contributed by atoms with Crippen LogP contribution < -0.4 is 10.2 Å². The Morgan fingerprint density at radius 3 is 2.62 bits per heavy atom. The third kappa shape index (κ3) is 4.33. The van der Waals surface area contributed by atoms with Gasteiger partial charge in [-0.3, -0.25) is 0 Å². The molecule has 0 amide bonds. The van der Waals surface area contributed by atoms with Crippen LogP contribution in [0.4, 0.5) is 11.8 Å². The fraction of sp³-hybridized carbons (Fsp3) is 0.375. The van der Waals surface area contributed by atoms with Gasteiger partial charge in [0.1, 0.15) is 5.82 Å². The van der Waals surface area contributed by atoms with Gasteiger partial charge in [0.15, 0.2) is 0 Å². The van der Waals surface area contributed by atoms with E-state index < -0.39 is 0 Å². The molecule has 0 saturated heterocycles. The molecule has 0 spiro atoms. The van der Waals surface area contributed by atoms with Gasteiger partial charge in [-0.25, -0.2) is 4.98 Å². The van der Waals surface area contributed by atoms with Gasteiger partial charge < -0.3 is 10.2 Å². The van der Waals surface area contributed by atoms with E-state index in [2.05, 4.69) is 27.1 Å². The van der Waals surface area contributed by atoms with Gasteiger partial charge in [0.2, 0.25) is 5.95 Å². The molecule has 0 aliphatic carbocycles. The molecule has 0 aliphatic rings. The Morgan fingerprint density at radius 2 is 1.95 bits per heavy atom. The first kappa shape index (κ1) is 15.6. The summed E-state index contributed by atoms with van der Waals surface area (Å²) in [5.74, 6) is 1.62. The molecule has 0 radical (unpaired) electrons. The molecule has 0 saturated carbocycles. The average Bonchev–Trinajstić information content (AvgIpc) is 2.48. The SMILES string of the molecule is CCCNc1ncc(C)c(N(C)Cc2ccc(Cl)cc2)n1. The van der Waals surface area contributed by atoms with Crippen molar-refractivity contribution < 1.29 is 0 Å². The van der Waals surface area contributed by atoms with Crippen LogP contribution in [0.1, 0.15) is 24.5 Å². The molecule has 1 heterocycles. The number of nitrogens with one attached hydrogen (secondary N) is 1. The maximum absolute atomic E-state index is 5.92. The first-order valence-corrected chi connectivity index (χ1v) is 7.51. The van der Waals surface area contributed by atoms with Crippen molar-refractivity contribution in [1.82, 2.24) is 9.97 Å². The lowest BCUT2D eigenvalue weighted by Crippen LogP contribution is -2.20. The Morgan fingerprint density at radius 1 is 1.24 bits per heavy atom. The highest BCUT2D eigenvalue weighted by Gasteiger charge is 2.09. The lowest BCUT2D eigenvalue weighted by Gasteiger charge is -2.20. The minimum atomic E-state index is 0.681. The summed E-state index contributed by atoms with van der Waals surface area (Å²) in [6, 6.07) is 7.88. The minimum Gasteiger partial charge on any atom is -0.355 e. The highest BCUT2D eigenvalue weighted by Crippen LogP contribution is 2.19. The van der Waals surface area contributed by atoms with Crippen LogP contribution in [0.25, 0.3) is 0 Å². The predicted molar refractivity (Wildman–Crippen MR) is 89.1 cm³/mol. The molecule has 112 valence electrons. The van der Waals surface area contributed by atoms with E-state index in [0.717, 1.165) is 35.9 Å². The van der Waals surface area contributed by atoms with Crippen molar-refractivity contribution in [2.75, 3.05) is 23.8 Å². The van der Waals surface area contributed by atoms with E-state index in [4.69, 9.17) is 11.6 Å². The van der Waals surface area contributed by atoms with E-state index in [1.54, 1.807) is 0 Å². The summed E-state index contributed by atoms with van der Waals surface area (Å²) in [5, 5.41) is 3.98. The number of nitrogens with zero attached hydrogens (tertiary/aromatic N) is 3. The molecule has 0 unspecified atom stereocenters. The largest absolute Gasteiger partial charge is 0.355 e. The van der Waals surface area contributed by atoms with Crippen LogP contribution >= 0.6 is 11.6 Å². The first-order chi connectivity index (χ1) is 10.1. The quantitative estimate of drug-likeness (QED) is 0.879. The van der Waals surface area contributed by atoms with Gasteiger partial charge in [-0.15, -0.1) is 0 Å². The second-order valence-corrected chi connectivity index (χ2v) is 5.55. The van der Waals surface area contributed by atoms with E-state index in [1.165, 1.54) is 5.56 Å². The van der Waals surface area contributed by atoms with Crippen LogP contribution in [0.15, 0.2) is 30.5 Å². The minimum absolute atomic E-state index is 0.681. The number of halogens is 1. The van der Waals surface area contributed by atoms with E-state index >= 15 is 0 Å². The Bertz CT molecular complexity index is 583. The van der Waals surface area contributed by atoms with Gasteiger partial charge in [0.05, 0.1) is 0 Å². The van der Waals surface area contributed by atoms with E-state index in [-0.39, 0.29) is 0 Å². The fourth-order valence-electron chi connectivity index (χ4n) is 2.08. The third-order valence-corrected chi connectivity index (χ3v) is 3.42. The van der Waals surface area contributed by atoms with Crippen LogP contribution in [0, 0.1) is 6.92 Å². The van der Waals surface area contributed by atoms with E-state index in [0.29, 0.717) is 5.95 Å². The molecule has 2 rings (SSSR count). The molecule has 1 aromatic heterocycles. The van der Waals surface area contributed by atoms with E-state index in [1.807, 2.05) is 44.4 Å². The normalized spacial score (nSPS) is 10.5. The third-order valence-electron chi connectivity index (χ3n) is 3.17. The second-order valence-electron chi connectivity index (χ2n) is 5.11. The highest BCUT2D eigenvalue weighted by molar-refractivity contribution is 6.30. The zero-order valence-corrected chi connectivity index (χ0v) is 13.5. The first-order valence-electron chi connectivity index (χ1n) is 7.13. The molecular weight excluding hydrogens is 284 g/mol. The van der Waals surface area contributed by atoms with Crippen LogP contribution in [0.3, 0.4) is 0 Å². The summed E-state index contributed by atoms with van der Waals surface area (Å²) in [6.45, 7) is 5.80. The monoisotopic (exact) mass is 304 g/mol. The molecule has 0 aliphatic heterocycles. The summed E-state index contributed by atoms with van der Waals surface area (Å²) in [6.07, 6.45) is 2.91. The summed E-state index contributed by atoms with van der Waals surface area (Å²) in [7, 11) is 2.04. The van der Waals surface area contributed by atoms with Gasteiger partial charge in [-0.1, -0.05) is 30.7 Å². The van der Waals surface area contributed by atoms with Crippen molar-refractivity contribution >= 4 is 23.4 Å². The van der Waals surface area contributed by atoms with Crippen LogP contribution in [0.5, 0.6) is 0 Å². The Kier molecular flexibility index (Phi) is 5.39. The van der Waals surface area contributed by atoms with Crippen LogP contribution in [0.2, 0.25) is 5.02 Å². The molecule has 5 heteroatoms. The fourth-order valence-corrected chi connectivity index (χ4v) is 2.21.